The average molecular weight is 668 g/mol. The first-order valence-electron chi connectivity index (χ1n) is 12.5. The number of alkyl halides is 1. The molecule has 0 aliphatic heterocycles. The van der Waals surface area contributed by atoms with Crippen LogP contribution in [0, 0.1) is 5.41 Å². The topological polar surface area (TPSA) is 194 Å². The molecule has 0 bridgehead atoms. The minimum absolute atomic E-state index is 0.0283. The second kappa shape index (κ2) is 9.73. The SMILES string of the molecule is CN(C)CC(=O)NCc1cc(N(C)C)c2c(c1O)C(=O)C1=C(O)[C@]3(O)C(=O)C(C(N)=O)=C(O)C[C@]3(I)C[C@]1(C)C2. The Bertz CT molecular complexity index is 1430. The maximum Gasteiger partial charge on any atom is 0.255 e. The Balaban J connectivity index is 1.91. The summed E-state index contributed by atoms with van der Waals surface area (Å²) in [6, 6.07) is 1.69. The van der Waals surface area contributed by atoms with Crippen molar-refractivity contribution in [1.82, 2.24) is 10.2 Å². The lowest BCUT2D eigenvalue weighted by molar-refractivity contribution is -0.141. The summed E-state index contributed by atoms with van der Waals surface area (Å²) in [6.45, 7) is 1.75. The number of primary amides is 1. The highest BCUT2D eigenvalue weighted by atomic mass is 127. The molecule has 0 radical (unpaired) electrons. The van der Waals surface area contributed by atoms with E-state index in [1.165, 1.54) is 0 Å². The largest absolute Gasteiger partial charge is 0.511 e. The summed E-state index contributed by atoms with van der Waals surface area (Å²) in [7, 11) is 7.01. The Morgan fingerprint density at radius 2 is 1.75 bits per heavy atom. The van der Waals surface area contributed by atoms with E-state index in [9.17, 15) is 39.6 Å². The summed E-state index contributed by atoms with van der Waals surface area (Å²) in [5.74, 6) is -5.55. The van der Waals surface area contributed by atoms with Gasteiger partial charge >= 0.3 is 0 Å². The van der Waals surface area contributed by atoms with Crippen LogP contribution in [0.3, 0.4) is 0 Å². The van der Waals surface area contributed by atoms with Crippen LogP contribution in [0.4, 0.5) is 5.69 Å². The molecule has 0 saturated carbocycles. The second-order valence-corrected chi connectivity index (χ2v) is 13.6. The Kier molecular flexibility index (Phi) is 7.25. The fraction of sp³-hybridized carbons (Fsp3) is 0.481. The van der Waals surface area contributed by atoms with Gasteiger partial charge in [-0.2, -0.15) is 0 Å². The van der Waals surface area contributed by atoms with E-state index in [1.54, 1.807) is 73.6 Å². The number of amides is 2. The highest BCUT2D eigenvalue weighted by molar-refractivity contribution is 14.1. The number of nitrogens with zero attached hydrogens (tertiary/aromatic N) is 2. The molecule has 3 atom stereocenters. The van der Waals surface area contributed by atoms with Gasteiger partial charge in [0.1, 0.15) is 22.8 Å². The molecule has 0 heterocycles. The number of hydrogen-bond donors (Lipinski definition) is 6. The van der Waals surface area contributed by atoms with E-state index in [1.807, 2.05) is 0 Å². The van der Waals surface area contributed by atoms with E-state index in [0.29, 0.717) is 11.3 Å². The number of ketones is 2. The van der Waals surface area contributed by atoms with E-state index in [0.717, 1.165) is 0 Å². The zero-order valence-corrected chi connectivity index (χ0v) is 25.0. The smallest absolute Gasteiger partial charge is 0.255 e. The fourth-order valence-corrected chi connectivity index (χ4v) is 7.93. The van der Waals surface area contributed by atoms with Crippen LogP contribution in [-0.2, 0) is 27.3 Å². The highest BCUT2D eigenvalue weighted by Crippen LogP contribution is 2.62. The maximum absolute atomic E-state index is 14.1. The summed E-state index contributed by atoms with van der Waals surface area (Å²) >= 11 is 1.80. The number of hydrogen-bond acceptors (Lipinski definition) is 10. The number of fused-ring (bicyclic) bond motifs is 3. The van der Waals surface area contributed by atoms with Crippen LogP contribution in [0.15, 0.2) is 28.7 Å². The summed E-state index contributed by atoms with van der Waals surface area (Å²) in [4.78, 5) is 55.2. The van der Waals surface area contributed by atoms with Gasteiger partial charge in [-0.1, -0.05) is 29.5 Å². The first kappa shape index (κ1) is 29.8. The van der Waals surface area contributed by atoms with Crippen LogP contribution in [-0.4, -0.2) is 92.5 Å². The highest BCUT2D eigenvalue weighted by Gasteiger charge is 2.69. The number of phenolic OH excluding ortho intramolecular Hbond substituents is 1. The van der Waals surface area contributed by atoms with Crippen LogP contribution in [0.25, 0.3) is 0 Å². The molecule has 0 saturated heterocycles. The molecule has 12 nitrogen and oxygen atoms in total. The van der Waals surface area contributed by atoms with Crippen molar-refractivity contribution in [3.63, 3.8) is 0 Å². The van der Waals surface area contributed by atoms with Crippen molar-refractivity contribution in [3.05, 3.63) is 45.4 Å². The number of halogens is 1. The number of aliphatic hydroxyl groups excluding tert-OH is 2. The van der Waals surface area contributed by atoms with Crippen LogP contribution in [0.1, 0.15) is 41.3 Å². The van der Waals surface area contributed by atoms with E-state index < -0.39 is 49.0 Å². The molecule has 13 heteroatoms. The molecule has 4 rings (SSSR count). The Labute approximate surface area is 244 Å². The average Bonchev–Trinajstić information content (AvgIpc) is 2.79. The number of carbonyl (C=O) groups is 4. The van der Waals surface area contributed by atoms with Gasteiger partial charge in [0.25, 0.3) is 5.91 Å². The summed E-state index contributed by atoms with van der Waals surface area (Å²) in [6.07, 6.45) is -0.233. The van der Waals surface area contributed by atoms with E-state index >= 15 is 0 Å². The van der Waals surface area contributed by atoms with E-state index in [2.05, 4.69) is 5.32 Å². The molecule has 3 aliphatic rings. The van der Waals surface area contributed by atoms with Gasteiger partial charge in [0.2, 0.25) is 11.7 Å². The molecule has 1 aromatic carbocycles. The van der Waals surface area contributed by atoms with Crippen molar-refractivity contribution in [1.29, 1.82) is 0 Å². The molecule has 0 fully saturated rings. The molecule has 0 spiro atoms. The number of allylic oxidation sites excluding steroid dienone is 2. The Morgan fingerprint density at radius 3 is 2.30 bits per heavy atom. The minimum Gasteiger partial charge on any atom is -0.511 e. The molecule has 0 aromatic heterocycles. The normalized spacial score (nSPS) is 27.8. The van der Waals surface area contributed by atoms with Gasteiger partial charge in [-0.3, -0.25) is 19.2 Å². The summed E-state index contributed by atoms with van der Waals surface area (Å²) < 4.78 is -1.51. The van der Waals surface area contributed by atoms with Gasteiger partial charge in [-0.25, -0.2) is 0 Å². The maximum atomic E-state index is 14.1. The molecule has 216 valence electrons. The zero-order chi connectivity index (χ0) is 30.1. The molecule has 1 aromatic rings. The lowest BCUT2D eigenvalue weighted by atomic mass is 9.54. The number of likely N-dealkylation sites (N-methyl/N-ethyl adjacent to an activating group) is 1. The second-order valence-electron chi connectivity index (χ2n) is 11.5. The molecular weight excluding hydrogens is 635 g/mol. The quantitative estimate of drug-likeness (QED) is 0.143. The first-order chi connectivity index (χ1) is 18.4. The lowest BCUT2D eigenvalue weighted by Gasteiger charge is -2.54. The number of phenols is 1. The van der Waals surface area contributed by atoms with Crippen molar-refractivity contribution in [2.24, 2.45) is 11.1 Å². The number of aromatic hydroxyl groups is 1. The third-order valence-electron chi connectivity index (χ3n) is 7.94. The van der Waals surface area contributed by atoms with E-state index in [4.69, 9.17) is 5.73 Å². The first-order valence-corrected chi connectivity index (χ1v) is 13.6. The van der Waals surface area contributed by atoms with Crippen molar-refractivity contribution < 1.29 is 39.6 Å². The van der Waals surface area contributed by atoms with Gasteiger partial charge in [-0.05, 0) is 38.6 Å². The molecule has 0 unspecified atom stereocenters. The number of rotatable bonds is 6. The van der Waals surface area contributed by atoms with Gasteiger partial charge in [0, 0.05) is 49.3 Å². The monoisotopic (exact) mass is 668 g/mol. The fourth-order valence-electron chi connectivity index (χ4n) is 6.23. The number of aliphatic hydroxyl groups is 3. The molecular formula is C27H33IN4O8. The van der Waals surface area contributed by atoms with Gasteiger partial charge < -0.3 is 41.3 Å². The van der Waals surface area contributed by atoms with Gasteiger partial charge in [0.15, 0.2) is 11.4 Å². The number of benzene rings is 1. The predicted molar refractivity (Wildman–Crippen MR) is 153 cm³/mol. The molecule has 3 aliphatic carbocycles. The van der Waals surface area contributed by atoms with Crippen LogP contribution >= 0.6 is 22.6 Å². The molecule has 40 heavy (non-hydrogen) atoms. The summed E-state index contributed by atoms with van der Waals surface area (Å²) in [5, 5.41) is 47.8. The Hall–Kier alpha value is -3.17. The Morgan fingerprint density at radius 1 is 1.12 bits per heavy atom. The van der Waals surface area contributed by atoms with Crippen LogP contribution in [0.2, 0.25) is 0 Å². The molecule has 2 amide bonds. The number of nitrogens with two attached hydrogens (primary N) is 1. The van der Waals surface area contributed by atoms with Crippen molar-refractivity contribution in [3.8, 4) is 5.75 Å². The number of anilines is 1. The number of Topliss-reactive ketones (excluding diaryl/α,β-unsaturated/α-hetero) is 2. The number of carbonyl (C=O) groups excluding carboxylic acids is 4. The molecule has 7 N–H and O–H groups in total. The van der Waals surface area contributed by atoms with Crippen LogP contribution in [0.5, 0.6) is 5.75 Å². The van der Waals surface area contributed by atoms with Crippen molar-refractivity contribution in [2.45, 2.75) is 41.8 Å². The van der Waals surface area contributed by atoms with E-state index in [-0.39, 0.29) is 60.7 Å². The predicted octanol–water partition coefficient (Wildman–Crippen LogP) is 0.772. The minimum atomic E-state index is -2.72. The third-order valence-corrected chi connectivity index (χ3v) is 9.49. The van der Waals surface area contributed by atoms with Gasteiger partial charge in [-0.15, -0.1) is 0 Å². The van der Waals surface area contributed by atoms with Crippen molar-refractivity contribution in [2.75, 3.05) is 39.6 Å². The number of nitrogens with one attached hydrogen (secondary N) is 1. The van der Waals surface area contributed by atoms with Gasteiger partial charge in [0.05, 0.1) is 15.5 Å². The standard InChI is InChI=1S/C27H33IN4O8/c1-25-7-13-14(32(4)5)6-12(9-30-16(34)10-31(2)3)20(35)17(13)21(36)19(25)23(38)27(40)22(37)18(24(29)39)15(33)8-26(27,28)11-25/h6,33,35,38,40H,7-11H2,1-5H3,(H2,29,39)(H,30,34)/t25-,26-,27+/m0/s1. The lowest BCUT2D eigenvalue weighted by Crippen LogP contribution is -2.66. The summed E-state index contributed by atoms with van der Waals surface area (Å²) in [5.41, 5.74) is 1.63. The van der Waals surface area contributed by atoms with Crippen LogP contribution < -0.4 is 16.0 Å². The van der Waals surface area contributed by atoms with Crippen molar-refractivity contribution >= 4 is 51.7 Å². The third kappa shape index (κ3) is 4.25. The zero-order valence-electron chi connectivity index (χ0n) is 22.9.